The summed E-state index contributed by atoms with van der Waals surface area (Å²) in [6.07, 6.45) is 1.13. The Kier molecular flexibility index (Phi) is 5.38. The molecule has 6 nitrogen and oxygen atoms in total. The van der Waals surface area contributed by atoms with Crippen molar-refractivity contribution in [3.8, 4) is 5.69 Å². The third-order valence-corrected chi connectivity index (χ3v) is 5.19. The molecule has 140 valence electrons. The van der Waals surface area contributed by atoms with Crippen LogP contribution in [0.1, 0.15) is 36.2 Å². The molecule has 1 aliphatic carbocycles. The Morgan fingerprint density at radius 2 is 2.04 bits per heavy atom. The molecule has 1 aromatic carbocycles. The number of amides is 1. The van der Waals surface area contributed by atoms with Crippen LogP contribution in [0.4, 0.5) is 4.39 Å². The van der Waals surface area contributed by atoms with Gasteiger partial charge >= 0.3 is 0 Å². The summed E-state index contributed by atoms with van der Waals surface area (Å²) in [7, 11) is 0. The second kappa shape index (κ2) is 7.55. The number of nitrogens with two attached hydrogens (primary N) is 1. The van der Waals surface area contributed by atoms with Crippen molar-refractivity contribution < 1.29 is 14.3 Å². The molecular weight excluding hydrogens is 335 g/mol. The zero-order chi connectivity index (χ0) is 18.8. The van der Waals surface area contributed by atoms with Crippen molar-refractivity contribution in [1.29, 1.82) is 0 Å². The minimum Gasteiger partial charge on any atom is -0.391 e. The molecule has 1 fully saturated rings. The highest BCUT2D eigenvalue weighted by molar-refractivity contribution is 5.78. The molecule has 1 aliphatic rings. The summed E-state index contributed by atoms with van der Waals surface area (Å²) in [6.45, 7) is 4.18. The third kappa shape index (κ3) is 3.78. The van der Waals surface area contributed by atoms with Crippen molar-refractivity contribution in [1.82, 2.24) is 15.1 Å². The van der Waals surface area contributed by atoms with Crippen molar-refractivity contribution >= 4 is 5.91 Å². The number of benzene rings is 1. The number of hydrogen-bond donors (Lipinski definition) is 3. The van der Waals surface area contributed by atoms with Gasteiger partial charge in [0.15, 0.2) is 0 Å². The van der Waals surface area contributed by atoms with E-state index in [0.29, 0.717) is 25.8 Å². The highest BCUT2D eigenvalue weighted by Crippen LogP contribution is 2.24. The number of aliphatic hydroxyl groups excluding tert-OH is 1. The van der Waals surface area contributed by atoms with E-state index in [0.717, 1.165) is 22.6 Å². The molecule has 7 heteroatoms. The number of carbonyl (C=O) groups excluding carboxylic acids is 1. The topological polar surface area (TPSA) is 93.2 Å². The number of rotatable bonds is 4. The van der Waals surface area contributed by atoms with Crippen LogP contribution < -0.4 is 11.1 Å². The molecular formula is C19H25FN4O2. The smallest absolute Gasteiger partial charge is 0.223 e. The Balaban J connectivity index is 1.69. The Labute approximate surface area is 152 Å². The summed E-state index contributed by atoms with van der Waals surface area (Å²) in [5.74, 6) is -0.570. The molecule has 26 heavy (non-hydrogen) atoms. The van der Waals surface area contributed by atoms with Gasteiger partial charge in [-0.1, -0.05) is 0 Å². The highest BCUT2D eigenvalue weighted by atomic mass is 19.1. The first-order chi connectivity index (χ1) is 12.4. The predicted octanol–water partition coefficient (Wildman–Crippen LogP) is 1.73. The quantitative estimate of drug-likeness (QED) is 0.774. The molecule has 0 spiro atoms. The van der Waals surface area contributed by atoms with Gasteiger partial charge in [0.25, 0.3) is 0 Å². The second-order valence-electron chi connectivity index (χ2n) is 7.00. The minimum atomic E-state index is -0.621. The summed E-state index contributed by atoms with van der Waals surface area (Å²) in [5, 5.41) is 17.3. The van der Waals surface area contributed by atoms with E-state index >= 15 is 0 Å². The van der Waals surface area contributed by atoms with E-state index < -0.39 is 6.10 Å². The predicted molar refractivity (Wildman–Crippen MR) is 96.2 cm³/mol. The standard InChI is InChI=1S/C19H25FN4O2/c1-11-16(10-22-19(26)13-3-8-17(21)18(25)9-13)12(2)24(23-11)15-6-4-14(20)5-7-15/h4-7,13,17-18,25H,3,8-10,21H2,1-2H3,(H,22,26)/t13-,17+,18+/m0/s1. The van der Waals surface area contributed by atoms with Crippen LogP contribution in [0.3, 0.4) is 0 Å². The third-order valence-electron chi connectivity index (χ3n) is 5.19. The zero-order valence-corrected chi connectivity index (χ0v) is 15.1. The number of nitrogens with one attached hydrogen (secondary N) is 1. The molecule has 0 aliphatic heterocycles. The Hall–Kier alpha value is -2.25. The van der Waals surface area contributed by atoms with Gasteiger partial charge in [-0.2, -0.15) is 5.10 Å². The zero-order valence-electron chi connectivity index (χ0n) is 15.1. The largest absolute Gasteiger partial charge is 0.391 e. The van der Waals surface area contributed by atoms with Gasteiger partial charge in [0, 0.05) is 29.8 Å². The number of hydrogen-bond acceptors (Lipinski definition) is 4. The number of aromatic nitrogens is 2. The lowest BCUT2D eigenvalue weighted by atomic mass is 9.84. The van der Waals surface area contributed by atoms with Crippen molar-refractivity contribution in [3.05, 3.63) is 47.0 Å². The van der Waals surface area contributed by atoms with Gasteiger partial charge in [-0.15, -0.1) is 0 Å². The summed E-state index contributed by atoms with van der Waals surface area (Å²) in [6, 6.07) is 5.89. The van der Waals surface area contributed by atoms with Crippen molar-refractivity contribution in [2.24, 2.45) is 11.7 Å². The van der Waals surface area contributed by atoms with Gasteiger partial charge in [0.2, 0.25) is 5.91 Å². The van der Waals surface area contributed by atoms with E-state index in [2.05, 4.69) is 10.4 Å². The first kappa shape index (κ1) is 18.5. The van der Waals surface area contributed by atoms with Gasteiger partial charge in [-0.3, -0.25) is 4.79 Å². The van der Waals surface area contributed by atoms with Crippen LogP contribution in [-0.4, -0.2) is 32.9 Å². The summed E-state index contributed by atoms with van der Waals surface area (Å²) < 4.78 is 14.9. The van der Waals surface area contributed by atoms with Crippen molar-refractivity contribution in [3.63, 3.8) is 0 Å². The van der Waals surface area contributed by atoms with Gasteiger partial charge in [-0.05, 0) is 57.4 Å². The van der Waals surface area contributed by atoms with Crippen LogP contribution in [0.5, 0.6) is 0 Å². The van der Waals surface area contributed by atoms with E-state index in [1.54, 1.807) is 16.8 Å². The molecule has 4 N–H and O–H groups in total. The van der Waals surface area contributed by atoms with Crippen molar-refractivity contribution in [2.75, 3.05) is 0 Å². The minimum absolute atomic E-state index is 0.0655. The number of aryl methyl sites for hydroxylation is 1. The summed E-state index contributed by atoms with van der Waals surface area (Å²) in [4.78, 5) is 12.4. The van der Waals surface area contributed by atoms with Gasteiger partial charge in [0.1, 0.15) is 5.82 Å². The molecule has 2 aromatic rings. The van der Waals surface area contributed by atoms with Crippen LogP contribution in [0, 0.1) is 25.6 Å². The molecule has 0 radical (unpaired) electrons. The lowest BCUT2D eigenvalue weighted by molar-refractivity contribution is -0.127. The van der Waals surface area contributed by atoms with E-state index in [4.69, 9.17) is 5.73 Å². The van der Waals surface area contributed by atoms with E-state index in [9.17, 15) is 14.3 Å². The van der Waals surface area contributed by atoms with Crippen LogP contribution in [0.2, 0.25) is 0 Å². The summed E-state index contributed by atoms with van der Waals surface area (Å²) >= 11 is 0. The molecule has 0 unspecified atom stereocenters. The monoisotopic (exact) mass is 360 g/mol. The van der Waals surface area contributed by atoms with Crippen LogP contribution in [0.25, 0.3) is 5.69 Å². The van der Waals surface area contributed by atoms with Gasteiger partial charge in [-0.25, -0.2) is 9.07 Å². The Bertz CT molecular complexity index is 788. The van der Waals surface area contributed by atoms with E-state index in [1.165, 1.54) is 12.1 Å². The highest BCUT2D eigenvalue weighted by Gasteiger charge is 2.30. The molecule has 1 amide bonds. The lowest BCUT2D eigenvalue weighted by Gasteiger charge is -2.29. The molecule has 0 bridgehead atoms. The van der Waals surface area contributed by atoms with Crippen LogP contribution in [0.15, 0.2) is 24.3 Å². The Morgan fingerprint density at radius 1 is 1.35 bits per heavy atom. The average molecular weight is 360 g/mol. The SMILES string of the molecule is Cc1nn(-c2ccc(F)cc2)c(C)c1CNC(=O)[C@H]1CC[C@@H](N)[C@H](O)C1. The number of aliphatic hydroxyl groups is 1. The molecule has 1 heterocycles. The van der Waals surface area contributed by atoms with E-state index in [1.807, 2.05) is 13.8 Å². The maximum atomic E-state index is 13.1. The van der Waals surface area contributed by atoms with Gasteiger partial charge < -0.3 is 16.2 Å². The maximum absolute atomic E-state index is 13.1. The lowest BCUT2D eigenvalue weighted by Crippen LogP contribution is -2.44. The fourth-order valence-corrected chi connectivity index (χ4v) is 3.49. The number of carbonyl (C=O) groups is 1. The van der Waals surface area contributed by atoms with Gasteiger partial charge in [0.05, 0.1) is 17.5 Å². The first-order valence-electron chi connectivity index (χ1n) is 8.89. The molecule has 1 aromatic heterocycles. The Morgan fingerprint density at radius 3 is 2.69 bits per heavy atom. The average Bonchev–Trinajstić information content (AvgIpc) is 2.90. The fourth-order valence-electron chi connectivity index (χ4n) is 3.49. The van der Waals surface area contributed by atoms with Crippen molar-refractivity contribution in [2.45, 2.75) is 51.8 Å². The van der Waals surface area contributed by atoms with E-state index in [-0.39, 0.29) is 23.7 Å². The normalized spacial score (nSPS) is 23.0. The molecule has 3 rings (SSSR count). The first-order valence-corrected chi connectivity index (χ1v) is 8.89. The molecule has 0 saturated heterocycles. The summed E-state index contributed by atoms with van der Waals surface area (Å²) in [5.41, 5.74) is 9.23. The molecule has 3 atom stereocenters. The maximum Gasteiger partial charge on any atom is 0.223 e. The van der Waals surface area contributed by atoms with Crippen LogP contribution >= 0.6 is 0 Å². The second-order valence-corrected chi connectivity index (χ2v) is 7.00. The number of nitrogens with zero attached hydrogens (tertiary/aromatic N) is 2. The van der Waals surface area contributed by atoms with Crippen LogP contribution in [-0.2, 0) is 11.3 Å². The fraction of sp³-hybridized carbons (Fsp3) is 0.474. The molecule has 1 saturated carbocycles. The number of halogens is 1.